The number of aromatic carboxylic acids is 1. The molecular formula is C14H20ClNO4S. The van der Waals surface area contributed by atoms with Crippen LogP contribution < -0.4 is 4.72 Å². The van der Waals surface area contributed by atoms with Crippen LogP contribution in [0, 0.1) is 5.92 Å². The van der Waals surface area contributed by atoms with Crippen LogP contribution in [-0.2, 0) is 10.0 Å². The van der Waals surface area contributed by atoms with Gasteiger partial charge >= 0.3 is 5.97 Å². The highest BCUT2D eigenvalue weighted by Crippen LogP contribution is 2.22. The maximum Gasteiger partial charge on any atom is 0.335 e. The summed E-state index contributed by atoms with van der Waals surface area (Å²) in [5.41, 5.74) is -0.111. The number of halogens is 1. The van der Waals surface area contributed by atoms with Gasteiger partial charge in [0.25, 0.3) is 0 Å². The van der Waals surface area contributed by atoms with Crippen molar-refractivity contribution >= 4 is 27.6 Å². The van der Waals surface area contributed by atoms with E-state index in [0.29, 0.717) is 12.5 Å². The number of hydrogen-bond donors (Lipinski definition) is 2. The molecule has 0 amide bonds. The summed E-state index contributed by atoms with van der Waals surface area (Å²) in [6.45, 7) is 4.53. The highest BCUT2D eigenvalue weighted by atomic mass is 35.5. The van der Waals surface area contributed by atoms with Crippen molar-refractivity contribution in [2.24, 2.45) is 5.92 Å². The number of unbranched alkanes of at least 4 members (excludes halogenated alkanes) is 1. The lowest BCUT2D eigenvalue weighted by Gasteiger charge is -2.09. The van der Waals surface area contributed by atoms with E-state index in [0.717, 1.165) is 25.3 Å². The van der Waals surface area contributed by atoms with Gasteiger partial charge in [-0.2, -0.15) is 0 Å². The largest absolute Gasteiger partial charge is 0.478 e. The molecule has 0 spiro atoms. The molecule has 0 aromatic heterocycles. The van der Waals surface area contributed by atoms with E-state index in [-0.39, 0.29) is 15.5 Å². The Labute approximate surface area is 130 Å². The molecule has 1 aromatic rings. The quantitative estimate of drug-likeness (QED) is 0.716. The lowest BCUT2D eigenvalue weighted by atomic mass is 10.1. The van der Waals surface area contributed by atoms with Gasteiger partial charge in [0.15, 0.2) is 0 Å². The lowest BCUT2D eigenvalue weighted by molar-refractivity contribution is 0.0696. The van der Waals surface area contributed by atoms with E-state index in [1.807, 2.05) is 0 Å². The van der Waals surface area contributed by atoms with Crippen LogP contribution >= 0.6 is 11.6 Å². The molecule has 0 saturated carbocycles. The van der Waals surface area contributed by atoms with Gasteiger partial charge in [-0.15, -0.1) is 0 Å². The van der Waals surface area contributed by atoms with E-state index < -0.39 is 16.0 Å². The minimum Gasteiger partial charge on any atom is -0.478 e. The fourth-order valence-electron chi connectivity index (χ4n) is 1.80. The predicted molar refractivity (Wildman–Crippen MR) is 82.3 cm³/mol. The molecule has 0 bridgehead atoms. The van der Waals surface area contributed by atoms with E-state index in [4.69, 9.17) is 16.7 Å². The maximum absolute atomic E-state index is 12.1. The Morgan fingerprint density at radius 1 is 1.33 bits per heavy atom. The summed E-state index contributed by atoms with van der Waals surface area (Å²) < 4.78 is 26.7. The monoisotopic (exact) mass is 333 g/mol. The molecule has 1 aromatic carbocycles. The number of carboxylic acid groups (broad SMARTS) is 1. The van der Waals surface area contributed by atoms with Crippen LogP contribution in [0.4, 0.5) is 0 Å². The first kappa shape index (κ1) is 17.9. The van der Waals surface area contributed by atoms with Crippen molar-refractivity contribution in [3.8, 4) is 0 Å². The molecule has 118 valence electrons. The number of nitrogens with one attached hydrogen (secondary N) is 1. The Morgan fingerprint density at radius 3 is 2.57 bits per heavy atom. The summed E-state index contributed by atoms with van der Waals surface area (Å²) in [7, 11) is -3.79. The van der Waals surface area contributed by atoms with E-state index in [2.05, 4.69) is 18.6 Å². The number of carbonyl (C=O) groups is 1. The van der Waals surface area contributed by atoms with Gasteiger partial charge in [0.2, 0.25) is 10.0 Å². The number of benzene rings is 1. The summed E-state index contributed by atoms with van der Waals surface area (Å²) >= 11 is 5.85. The number of hydrogen-bond acceptors (Lipinski definition) is 3. The van der Waals surface area contributed by atoms with Gasteiger partial charge in [0, 0.05) is 6.54 Å². The first-order valence-corrected chi connectivity index (χ1v) is 8.62. The standard InChI is InChI=1S/C14H20ClNO4S/c1-10(2)5-3-4-8-16-21(19,20)13-9-11(14(17)18)6-7-12(13)15/h6-7,9-10,16H,3-5,8H2,1-2H3,(H,17,18). The van der Waals surface area contributed by atoms with Gasteiger partial charge in [0.1, 0.15) is 4.90 Å². The summed E-state index contributed by atoms with van der Waals surface area (Å²) in [6, 6.07) is 3.62. The van der Waals surface area contributed by atoms with Gasteiger partial charge in [-0.05, 0) is 30.5 Å². The Balaban J connectivity index is 2.74. The third kappa shape index (κ3) is 5.65. The van der Waals surface area contributed by atoms with Crippen molar-refractivity contribution in [2.75, 3.05) is 6.54 Å². The van der Waals surface area contributed by atoms with Crippen molar-refractivity contribution in [1.29, 1.82) is 0 Å². The molecule has 0 saturated heterocycles. The van der Waals surface area contributed by atoms with Crippen LogP contribution in [0.25, 0.3) is 0 Å². The summed E-state index contributed by atoms with van der Waals surface area (Å²) in [5, 5.41) is 8.91. The topological polar surface area (TPSA) is 83.5 Å². The zero-order chi connectivity index (χ0) is 16.0. The van der Waals surface area contributed by atoms with Gasteiger partial charge in [-0.1, -0.05) is 38.3 Å². The van der Waals surface area contributed by atoms with E-state index in [1.54, 1.807) is 0 Å². The second kappa shape index (κ2) is 7.77. The molecule has 1 rings (SSSR count). The smallest absolute Gasteiger partial charge is 0.335 e. The highest BCUT2D eigenvalue weighted by molar-refractivity contribution is 7.89. The van der Waals surface area contributed by atoms with E-state index in [1.165, 1.54) is 12.1 Å². The SMILES string of the molecule is CC(C)CCCCNS(=O)(=O)c1cc(C(=O)O)ccc1Cl. The zero-order valence-electron chi connectivity index (χ0n) is 12.1. The third-order valence-corrected chi connectivity index (χ3v) is 4.91. The normalized spacial score (nSPS) is 11.8. The van der Waals surface area contributed by atoms with Crippen molar-refractivity contribution in [3.63, 3.8) is 0 Å². The molecule has 7 heteroatoms. The summed E-state index contributed by atoms with van der Waals surface area (Å²) in [4.78, 5) is 10.7. The molecule has 0 heterocycles. The molecule has 0 atom stereocenters. The Kier molecular flexibility index (Phi) is 6.64. The van der Waals surface area contributed by atoms with Crippen molar-refractivity contribution in [1.82, 2.24) is 4.72 Å². The minimum atomic E-state index is -3.79. The molecule has 0 aliphatic carbocycles. The first-order chi connectivity index (χ1) is 9.74. The minimum absolute atomic E-state index is 0.00896. The Hall–Kier alpha value is -1.11. The first-order valence-electron chi connectivity index (χ1n) is 6.76. The van der Waals surface area contributed by atoms with Crippen LogP contribution in [0.15, 0.2) is 23.1 Å². The van der Waals surface area contributed by atoms with Crippen LogP contribution in [0.2, 0.25) is 5.02 Å². The van der Waals surface area contributed by atoms with Crippen molar-refractivity contribution < 1.29 is 18.3 Å². The summed E-state index contributed by atoms with van der Waals surface area (Å²) in [5.74, 6) is -0.608. The third-order valence-electron chi connectivity index (χ3n) is 2.97. The van der Waals surface area contributed by atoms with E-state index >= 15 is 0 Å². The van der Waals surface area contributed by atoms with Gasteiger partial charge < -0.3 is 5.11 Å². The average molecular weight is 334 g/mol. The second-order valence-electron chi connectivity index (χ2n) is 5.24. The van der Waals surface area contributed by atoms with Crippen LogP contribution in [0.5, 0.6) is 0 Å². The molecular weight excluding hydrogens is 314 g/mol. The molecule has 0 aliphatic rings. The second-order valence-corrected chi connectivity index (χ2v) is 7.38. The molecule has 21 heavy (non-hydrogen) atoms. The fraction of sp³-hybridized carbons (Fsp3) is 0.500. The van der Waals surface area contributed by atoms with Crippen LogP contribution in [0.3, 0.4) is 0 Å². The van der Waals surface area contributed by atoms with Crippen molar-refractivity contribution in [2.45, 2.75) is 38.0 Å². The Morgan fingerprint density at radius 2 is 2.00 bits per heavy atom. The van der Waals surface area contributed by atoms with Gasteiger partial charge in [-0.3, -0.25) is 0 Å². The van der Waals surface area contributed by atoms with E-state index in [9.17, 15) is 13.2 Å². The Bertz CT molecular complexity index is 599. The predicted octanol–water partition coefficient (Wildman–Crippen LogP) is 3.14. The van der Waals surface area contributed by atoms with Gasteiger partial charge in [-0.25, -0.2) is 17.9 Å². The zero-order valence-corrected chi connectivity index (χ0v) is 13.7. The van der Waals surface area contributed by atoms with Crippen LogP contribution in [0.1, 0.15) is 43.5 Å². The number of rotatable bonds is 8. The molecule has 2 N–H and O–H groups in total. The maximum atomic E-state index is 12.1. The van der Waals surface area contributed by atoms with Crippen LogP contribution in [-0.4, -0.2) is 26.0 Å². The highest BCUT2D eigenvalue weighted by Gasteiger charge is 2.19. The summed E-state index contributed by atoms with van der Waals surface area (Å²) in [6.07, 6.45) is 2.70. The molecule has 0 aliphatic heterocycles. The molecule has 0 unspecified atom stereocenters. The number of carboxylic acids is 1. The number of sulfonamides is 1. The molecule has 0 radical (unpaired) electrons. The lowest BCUT2D eigenvalue weighted by Crippen LogP contribution is -2.25. The van der Waals surface area contributed by atoms with Gasteiger partial charge in [0.05, 0.1) is 10.6 Å². The molecule has 5 nitrogen and oxygen atoms in total. The average Bonchev–Trinajstić information content (AvgIpc) is 2.37. The molecule has 0 fully saturated rings. The fourth-order valence-corrected chi connectivity index (χ4v) is 3.40. The van der Waals surface area contributed by atoms with Crippen molar-refractivity contribution in [3.05, 3.63) is 28.8 Å².